The molecule has 0 spiro atoms. The average Bonchev–Trinajstić information content (AvgIpc) is 2.71. The maximum Gasteiger partial charge on any atom is 0.0949 e. The minimum Gasteiger partial charge on any atom is -0.331 e. The zero-order valence-corrected chi connectivity index (χ0v) is 9.69. The quantitative estimate of drug-likeness (QED) is 0.819. The highest BCUT2D eigenvalue weighted by atomic mass is 79.9. The van der Waals surface area contributed by atoms with Crippen LogP contribution in [0, 0.1) is 6.92 Å². The van der Waals surface area contributed by atoms with Gasteiger partial charge in [0.1, 0.15) is 0 Å². The van der Waals surface area contributed by atoms with Crippen LogP contribution < -0.4 is 0 Å². The van der Waals surface area contributed by atoms with Crippen molar-refractivity contribution in [2.24, 2.45) is 7.05 Å². The number of hydrogen-bond acceptors (Lipinski definition) is 2. The van der Waals surface area contributed by atoms with Gasteiger partial charge in [0.25, 0.3) is 0 Å². The van der Waals surface area contributed by atoms with E-state index in [0.717, 1.165) is 22.4 Å². The van der Waals surface area contributed by atoms with Crippen molar-refractivity contribution in [1.29, 1.82) is 0 Å². The first-order chi connectivity index (χ1) is 6.68. The second kappa shape index (κ2) is 3.57. The summed E-state index contributed by atoms with van der Waals surface area (Å²) in [6.07, 6.45) is 5.51. The maximum atomic E-state index is 4.33. The predicted octanol–water partition coefficient (Wildman–Crippen LogP) is 1.74. The number of hydrogen-bond donors (Lipinski definition) is 0. The summed E-state index contributed by atoms with van der Waals surface area (Å²) in [6.45, 7) is 2.78. The van der Waals surface area contributed by atoms with Crippen LogP contribution in [0.5, 0.6) is 0 Å². The van der Waals surface area contributed by atoms with E-state index in [1.165, 1.54) is 0 Å². The van der Waals surface area contributed by atoms with E-state index in [1.54, 1.807) is 12.5 Å². The van der Waals surface area contributed by atoms with E-state index in [-0.39, 0.29) is 0 Å². The van der Waals surface area contributed by atoms with Crippen molar-refractivity contribution in [2.45, 2.75) is 13.5 Å². The molecule has 0 saturated heterocycles. The monoisotopic (exact) mass is 254 g/mol. The number of aryl methyl sites for hydroxylation is 2. The fourth-order valence-electron chi connectivity index (χ4n) is 1.41. The van der Waals surface area contributed by atoms with Crippen LogP contribution in [0.15, 0.2) is 23.2 Å². The molecular weight excluding hydrogens is 244 g/mol. The molecule has 0 N–H and O–H groups in total. The number of rotatable bonds is 2. The van der Waals surface area contributed by atoms with Crippen molar-refractivity contribution in [3.8, 4) is 0 Å². The predicted molar refractivity (Wildman–Crippen MR) is 57.0 cm³/mol. The molecule has 0 aliphatic rings. The molecule has 2 heterocycles. The van der Waals surface area contributed by atoms with E-state index < -0.39 is 0 Å². The zero-order chi connectivity index (χ0) is 10.1. The highest BCUT2D eigenvalue weighted by molar-refractivity contribution is 9.10. The van der Waals surface area contributed by atoms with E-state index in [1.807, 2.05) is 29.4 Å². The SMILES string of the molecule is Cc1nn(C)c(Cn2ccnc2)c1Br. The molecule has 0 radical (unpaired) electrons. The third-order valence-corrected chi connectivity index (χ3v) is 3.18. The van der Waals surface area contributed by atoms with Crippen LogP contribution in [0.1, 0.15) is 11.4 Å². The highest BCUT2D eigenvalue weighted by Crippen LogP contribution is 2.20. The Balaban J connectivity index is 2.33. The summed E-state index contributed by atoms with van der Waals surface area (Å²) >= 11 is 3.53. The largest absolute Gasteiger partial charge is 0.331 e. The van der Waals surface area contributed by atoms with Gasteiger partial charge in [0.15, 0.2) is 0 Å². The van der Waals surface area contributed by atoms with E-state index >= 15 is 0 Å². The van der Waals surface area contributed by atoms with Crippen LogP contribution in [0.2, 0.25) is 0 Å². The second-order valence-electron chi connectivity index (χ2n) is 3.20. The Morgan fingerprint density at radius 1 is 1.50 bits per heavy atom. The molecule has 4 nitrogen and oxygen atoms in total. The minimum absolute atomic E-state index is 0.790. The number of nitrogens with zero attached hydrogens (tertiary/aromatic N) is 4. The van der Waals surface area contributed by atoms with Crippen LogP contribution in [-0.2, 0) is 13.6 Å². The lowest BCUT2D eigenvalue weighted by atomic mass is 10.3. The number of imidazole rings is 1. The van der Waals surface area contributed by atoms with E-state index in [2.05, 4.69) is 26.0 Å². The zero-order valence-electron chi connectivity index (χ0n) is 8.11. The summed E-state index contributed by atoms with van der Waals surface area (Å²) in [7, 11) is 1.95. The highest BCUT2D eigenvalue weighted by Gasteiger charge is 2.10. The lowest BCUT2D eigenvalue weighted by molar-refractivity contribution is 0.661. The second-order valence-corrected chi connectivity index (χ2v) is 4.00. The fourth-order valence-corrected chi connectivity index (χ4v) is 1.87. The van der Waals surface area contributed by atoms with Gasteiger partial charge in [-0.1, -0.05) is 0 Å². The third kappa shape index (κ3) is 1.59. The Hall–Kier alpha value is -1.10. The van der Waals surface area contributed by atoms with Crippen LogP contribution >= 0.6 is 15.9 Å². The van der Waals surface area contributed by atoms with Crippen molar-refractivity contribution < 1.29 is 0 Å². The Morgan fingerprint density at radius 2 is 2.29 bits per heavy atom. The van der Waals surface area contributed by atoms with Gasteiger partial charge >= 0.3 is 0 Å². The molecule has 0 bridgehead atoms. The van der Waals surface area contributed by atoms with Crippen LogP contribution in [-0.4, -0.2) is 19.3 Å². The molecule has 0 aliphatic carbocycles. The topological polar surface area (TPSA) is 35.6 Å². The Morgan fingerprint density at radius 3 is 2.79 bits per heavy atom. The molecule has 2 rings (SSSR count). The van der Waals surface area contributed by atoms with Crippen LogP contribution in [0.3, 0.4) is 0 Å². The van der Waals surface area contributed by atoms with Gasteiger partial charge in [-0.05, 0) is 22.9 Å². The van der Waals surface area contributed by atoms with Crippen LogP contribution in [0.25, 0.3) is 0 Å². The van der Waals surface area contributed by atoms with Gasteiger partial charge in [-0.25, -0.2) is 4.98 Å². The molecule has 0 aliphatic heterocycles. The first-order valence-corrected chi connectivity index (χ1v) is 5.11. The van der Waals surface area contributed by atoms with Crippen molar-refractivity contribution >= 4 is 15.9 Å². The fraction of sp³-hybridized carbons (Fsp3) is 0.333. The first-order valence-electron chi connectivity index (χ1n) is 4.32. The van der Waals surface area contributed by atoms with Gasteiger partial charge in [-0.2, -0.15) is 5.10 Å². The van der Waals surface area contributed by atoms with Gasteiger partial charge in [0.05, 0.1) is 28.7 Å². The van der Waals surface area contributed by atoms with E-state index in [9.17, 15) is 0 Å². The summed E-state index contributed by atoms with van der Waals surface area (Å²) in [5, 5.41) is 4.33. The molecule has 0 amide bonds. The molecule has 0 atom stereocenters. The molecule has 0 fully saturated rings. The summed E-state index contributed by atoms with van der Waals surface area (Å²) < 4.78 is 4.98. The lowest BCUT2D eigenvalue weighted by Crippen LogP contribution is -2.04. The third-order valence-electron chi connectivity index (χ3n) is 2.15. The molecule has 2 aromatic rings. The van der Waals surface area contributed by atoms with Crippen LogP contribution in [0.4, 0.5) is 0 Å². The molecule has 0 aromatic carbocycles. The Kier molecular flexibility index (Phi) is 2.41. The molecule has 74 valence electrons. The standard InChI is InChI=1S/C9H11BrN4/c1-7-9(10)8(13(2)12-7)5-14-4-3-11-6-14/h3-4,6H,5H2,1-2H3. The lowest BCUT2D eigenvalue weighted by Gasteiger charge is -2.03. The summed E-state index contributed by atoms with van der Waals surface area (Å²) in [5.41, 5.74) is 2.17. The molecule has 14 heavy (non-hydrogen) atoms. The van der Waals surface area contributed by atoms with Gasteiger partial charge in [0.2, 0.25) is 0 Å². The minimum atomic E-state index is 0.790. The summed E-state index contributed by atoms with van der Waals surface area (Å²) in [6, 6.07) is 0. The smallest absolute Gasteiger partial charge is 0.0949 e. The Labute approximate surface area is 90.7 Å². The number of halogens is 1. The summed E-state index contributed by atoms with van der Waals surface area (Å²) in [4.78, 5) is 4.00. The van der Waals surface area contributed by atoms with E-state index in [0.29, 0.717) is 0 Å². The molecule has 2 aromatic heterocycles. The summed E-state index contributed by atoms with van der Waals surface area (Å²) in [5.74, 6) is 0. The van der Waals surface area contributed by atoms with Crippen molar-refractivity contribution in [3.63, 3.8) is 0 Å². The van der Waals surface area contributed by atoms with Crippen molar-refractivity contribution in [3.05, 3.63) is 34.6 Å². The van der Waals surface area contributed by atoms with Crippen molar-refractivity contribution in [1.82, 2.24) is 19.3 Å². The van der Waals surface area contributed by atoms with Gasteiger partial charge < -0.3 is 4.57 Å². The molecule has 0 saturated carbocycles. The normalized spacial score (nSPS) is 10.8. The molecule has 0 unspecified atom stereocenters. The van der Waals surface area contributed by atoms with E-state index in [4.69, 9.17) is 0 Å². The van der Waals surface area contributed by atoms with Gasteiger partial charge in [-0.15, -0.1) is 0 Å². The van der Waals surface area contributed by atoms with Gasteiger partial charge in [0, 0.05) is 19.4 Å². The van der Waals surface area contributed by atoms with Crippen molar-refractivity contribution in [2.75, 3.05) is 0 Å². The maximum absolute atomic E-state index is 4.33. The first kappa shape index (κ1) is 9.45. The van der Waals surface area contributed by atoms with Gasteiger partial charge in [-0.3, -0.25) is 4.68 Å². The Bertz CT molecular complexity index is 430. The molecule has 5 heteroatoms. The average molecular weight is 255 g/mol. The number of aromatic nitrogens is 4. The molecular formula is C9H11BrN4.